The molecule has 4 nitrogen and oxygen atoms in total. The van der Waals surface area contributed by atoms with E-state index in [0.29, 0.717) is 17.5 Å². The molecular weight excluding hydrogens is 642 g/mol. The molecule has 8 aromatic rings. The van der Waals surface area contributed by atoms with Crippen molar-refractivity contribution < 1.29 is 4.42 Å². The molecule has 0 aliphatic heterocycles. The summed E-state index contributed by atoms with van der Waals surface area (Å²) in [6.07, 6.45) is 1.79. The van der Waals surface area contributed by atoms with E-state index in [1.807, 2.05) is 60.7 Å². The summed E-state index contributed by atoms with van der Waals surface area (Å²) in [7, 11) is 0. The molecule has 2 aliphatic rings. The summed E-state index contributed by atoms with van der Waals surface area (Å²) in [5, 5.41) is 1.11. The second kappa shape index (κ2) is 9.92. The van der Waals surface area contributed by atoms with Crippen LogP contribution in [0, 0.1) is 0 Å². The fraction of sp³-hybridized carbons (Fsp3) is 0.0238. The zero-order valence-corrected chi connectivity index (χ0v) is 26.6. The Labute approximate surface area is 279 Å². The van der Waals surface area contributed by atoms with Gasteiger partial charge in [-0.3, -0.25) is 0 Å². The van der Waals surface area contributed by atoms with Gasteiger partial charge in [0, 0.05) is 22.1 Å². The predicted octanol–water partition coefficient (Wildman–Crippen LogP) is 10.7. The molecule has 1 atom stereocenters. The van der Waals surface area contributed by atoms with E-state index in [-0.39, 0.29) is 0 Å². The predicted molar refractivity (Wildman–Crippen MR) is 190 cm³/mol. The summed E-state index contributed by atoms with van der Waals surface area (Å²) in [6.45, 7) is 0. The molecule has 220 valence electrons. The molecule has 0 saturated carbocycles. The van der Waals surface area contributed by atoms with E-state index >= 15 is 0 Å². The first-order valence-electron chi connectivity index (χ1n) is 15.6. The van der Waals surface area contributed by atoms with Crippen molar-refractivity contribution in [2.45, 2.75) is 5.41 Å². The molecule has 2 aliphatic carbocycles. The van der Waals surface area contributed by atoms with Crippen LogP contribution < -0.4 is 0 Å². The van der Waals surface area contributed by atoms with E-state index in [1.165, 1.54) is 44.5 Å². The minimum absolute atomic E-state index is 0.528. The van der Waals surface area contributed by atoms with Crippen LogP contribution in [0.4, 0.5) is 0 Å². The lowest BCUT2D eigenvalue weighted by molar-refractivity contribution is 0.614. The fourth-order valence-electron chi connectivity index (χ4n) is 7.80. The van der Waals surface area contributed by atoms with Crippen LogP contribution in [0.25, 0.3) is 67.4 Å². The Morgan fingerprint density at radius 3 is 1.70 bits per heavy atom. The Balaban J connectivity index is 1.28. The Kier molecular flexibility index (Phi) is 5.61. The number of hydrogen-bond donors (Lipinski definition) is 0. The maximum absolute atomic E-state index is 5.98. The largest absolute Gasteiger partial charge is 0.463 e. The fourth-order valence-corrected chi connectivity index (χ4v) is 8.33. The standard InChI is InChI=1S/C42H24BrN3O/c43-36-24-35-37(31-21-22-47-38(31)36)30-16-8-10-18-33(30)42(35)32-17-9-7-15-28(32)29-20-19-27(23-34(29)42)41-45-39(25-11-3-1-4-12-25)44-40(46-41)26-13-5-2-6-14-26/h1-24H. The zero-order valence-electron chi connectivity index (χ0n) is 25.0. The van der Waals surface area contributed by atoms with Crippen molar-refractivity contribution in [2.24, 2.45) is 0 Å². The molecule has 2 heterocycles. The van der Waals surface area contributed by atoms with Gasteiger partial charge < -0.3 is 4.42 Å². The Hall–Kier alpha value is -5.65. The topological polar surface area (TPSA) is 51.8 Å². The summed E-state index contributed by atoms with van der Waals surface area (Å²) < 4.78 is 6.93. The average molecular weight is 667 g/mol. The van der Waals surface area contributed by atoms with Crippen LogP contribution in [-0.2, 0) is 5.41 Å². The van der Waals surface area contributed by atoms with Crippen molar-refractivity contribution in [2.75, 3.05) is 0 Å². The highest BCUT2D eigenvalue weighted by atomic mass is 79.9. The summed E-state index contributed by atoms with van der Waals surface area (Å²) >= 11 is 3.88. The minimum atomic E-state index is -0.528. The highest BCUT2D eigenvalue weighted by molar-refractivity contribution is 9.10. The molecule has 2 aromatic heterocycles. The van der Waals surface area contributed by atoms with Crippen LogP contribution in [0.3, 0.4) is 0 Å². The number of rotatable bonds is 3. The van der Waals surface area contributed by atoms with Crippen LogP contribution in [0.2, 0.25) is 0 Å². The molecular formula is C42H24BrN3O. The SMILES string of the molecule is Brc1cc2c(c3ccoc13)-c1ccccc1C21c2ccccc2-c2ccc(-c3nc(-c4ccccc4)nc(-c4ccccc4)n3)cc21. The molecule has 0 amide bonds. The van der Waals surface area contributed by atoms with Gasteiger partial charge in [-0.1, -0.05) is 121 Å². The van der Waals surface area contributed by atoms with Gasteiger partial charge >= 0.3 is 0 Å². The average Bonchev–Trinajstić information content (AvgIpc) is 3.82. The first kappa shape index (κ1) is 26.6. The third kappa shape index (κ3) is 3.66. The molecule has 0 fully saturated rings. The Morgan fingerprint density at radius 1 is 0.468 bits per heavy atom. The number of furan rings is 1. The van der Waals surface area contributed by atoms with E-state index in [2.05, 4.69) is 94.8 Å². The number of benzene rings is 6. The number of halogens is 1. The van der Waals surface area contributed by atoms with Crippen molar-refractivity contribution >= 4 is 26.9 Å². The van der Waals surface area contributed by atoms with Crippen LogP contribution in [0.15, 0.2) is 155 Å². The third-order valence-corrected chi connectivity index (χ3v) is 10.3. The lowest BCUT2D eigenvalue weighted by Gasteiger charge is -2.30. The maximum Gasteiger partial charge on any atom is 0.164 e. The van der Waals surface area contributed by atoms with Gasteiger partial charge in [-0.25, -0.2) is 15.0 Å². The van der Waals surface area contributed by atoms with Gasteiger partial charge in [0.1, 0.15) is 5.58 Å². The second-order valence-corrected chi connectivity index (χ2v) is 12.9. The van der Waals surface area contributed by atoms with Gasteiger partial charge in [-0.2, -0.15) is 0 Å². The van der Waals surface area contributed by atoms with Gasteiger partial charge in [-0.05, 0) is 78.6 Å². The van der Waals surface area contributed by atoms with E-state index in [1.54, 1.807) is 6.26 Å². The van der Waals surface area contributed by atoms with E-state index in [9.17, 15) is 0 Å². The third-order valence-electron chi connectivity index (χ3n) is 9.70. The van der Waals surface area contributed by atoms with Crippen LogP contribution >= 0.6 is 15.9 Å². The van der Waals surface area contributed by atoms with Crippen LogP contribution in [0.5, 0.6) is 0 Å². The van der Waals surface area contributed by atoms with Crippen LogP contribution in [-0.4, -0.2) is 15.0 Å². The van der Waals surface area contributed by atoms with Gasteiger partial charge in [0.05, 0.1) is 16.2 Å². The van der Waals surface area contributed by atoms with Gasteiger partial charge in [-0.15, -0.1) is 0 Å². The molecule has 10 rings (SSSR count). The first-order valence-corrected chi connectivity index (χ1v) is 16.4. The Morgan fingerprint density at radius 2 is 1.02 bits per heavy atom. The highest BCUT2D eigenvalue weighted by Crippen LogP contribution is 2.64. The number of fused-ring (bicyclic) bond motifs is 12. The van der Waals surface area contributed by atoms with E-state index in [0.717, 1.165) is 32.1 Å². The van der Waals surface area contributed by atoms with Crippen molar-refractivity contribution in [3.8, 4) is 56.4 Å². The van der Waals surface area contributed by atoms with E-state index in [4.69, 9.17) is 19.4 Å². The second-order valence-electron chi connectivity index (χ2n) is 12.1. The van der Waals surface area contributed by atoms with Crippen molar-refractivity contribution in [1.82, 2.24) is 15.0 Å². The molecule has 0 saturated heterocycles. The summed E-state index contributed by atoms with van der Waals surface area (Å²) in [5.41, 5.74) is 13.1. The molecule has 5 heteroatoms. The molecule has 1 spiro atoms. The number of aromatic nitrogens is 3. The number of hydrogen-bond acceptors (Lipinski definition) is 4. The van der Waals surface area contributed by atoms with Crippen molar-refractivity contribution in [3.05, 3.63) is 173 Å². The zero-order chi connectivity index (χ0) is 31.1. The van der Waals surface area contributed by atoms with Gasteiger partial charge in [0.25, 0.3) is 0 Å². The molecule has 1 unspecified atom stereocenters. The molecule has 0 radical (unpaired) electrons. The summed E-state index contributed by atoms with van der Waals surface area (Å²) in [4.78, 5) is 15.1. The molecule has 47 heavy (non-hydrogen) atoms. The summed E-state index contributed by atoms with van der Waals surface area (Å²) in [5.74, 6) is 1.94. The molecule has 6 aromatic carbocycles. The first-order chi connectivity index (χ1) is 23.2. The number of nitrogens with zero attached hydrogens (tertiary/aromatic N) is 3. The lowest BCUT2D eigenvalue weighted by Crippen LogP contribution is -2.26. The molecule has 0 bridgehead atoms. The van der Waals surface area contributed by atoms with Gasteiger partial charge in [0.15, 0.2) is 17.5 Å². The van der Waals surface area contributed by atoms with Crippen molar-refractivity contribution in [3.63, 3.8) is 0 Å². The van der Waals surface area contributed by atoms with Gasteiger partial charge in [0.2, 0.25) is 0 Å². The van der Waals surface area contributed by atoms with Crippen LogP contribution in [0.1, 0.15) is 22.3 Å². The molecule has 0 N–H and O–H groups in total. The minimum Gasteiger partial charge on any atom is -0.463 e. The maximum atomic E-state index is 5.98. The monoisotopic (exact) mass is 665 g/mol. The lowest BCUT2D eigenvalue weighted by atomic mass is 9.70. The quantitative estimate of drug-likeness (QED) is 0.188. The normalized spacial score (nSPS) is 15.4. The van der Waals surface area contributed by atoms with Crippen molar-refractivity contribution in [1.29, 1.82) is 0 Å². The smallest absolute Gasteiger partial charge is 0.164 e. The Bertz CT molecular complexity index is 2480. The summed E-state index contributed by atoms with van der Waals surface area (Å²) in [6, 6.07) is 49.0. The highest BCUT2D eigenvalue weighted by Gasteiger charge is 2.52. The van der Waals surface area contributed by atoms with E-state index < -0.39 is 5.41 Å².